The first kappa shape index (κ1) is 17.1. The smallest absolute Gasteiger partial charge is 0.241 e. The largest absolute Gasteiger partial charge is 0.398 e. The molecule has 0 spiro atoms. The quantitative estimate of drug-likeness (QED) is 0.762. The molecule has 0 saturated heterocycles. The van der Waals surface area contributed by atoms with Crippen molar-refractivity contribution in [2.45, 2.75) is 37.5 Å². The molecular formula is C14H20BrClN2O2S. The number of benzene rings is 1. The highest BCUT2D eigenvalue weighted by atomic mass is 79.9. The number of nitrogens with one attached hydrogen (secondary N) is 1. The van der Waals surface area contributed by atoms with E-state index in [4.69, 9.17) is 17.3 Å². The zero-order valence-corrected chi connectivity index (χ0v) is 15.1. The van der Waals surface area contributed by atoms with Crippen molar-refractivity contribution >= 4 is 43.2 Å². The summed E-state index contributed by atoms with van der Waals surface area (Å²) in [5, 5.41) is 0.308. The molecule has 1 aromatic rings. The highest BCUT2D eigenvalue weighted by molar-refractivity contribution is 9.10. The third kappa shape index (κ3) is 4.34. The molecule has 0 bridgehead atoms. The van der Waals surface area contributed by atoms with Crippen molar-refractivity contribution in [3.8, 4) is 0 Å². The van der Waals surface area contributed by atoms with Crippen LogP contribution in [0.1, 0.15) is 32.6 Å². The molecule has 1 fully saturated rings. The van der Waals surface area contributed by atoms with Gasteiger partial charge in [0, 0.05) is 17.3 Å². The third-order valence-electron chi connectivity index (χ3n) is 3.93. The van der Waals surface area contributed by atoms with Gasteiger partial charge in [-0.1, -0.05) is 31.4 Å². The zero-order valence-electron chi connectivity index (χ0n) is 11.9. The highest BCUT2D eigenvalue weighted by Gasteiger charge is 2.24. The van der Waals surface area contributed by atoms with E-state index in [9.17, 15) is 8.42 Å². The molecule has 1 aromatic carbocycles. The maximum absolute atomic E-state index is 12.4. The lowest BCUT2D eigenvalue weighted by molar-refractivity contribution is 0.283. The molecule has 0 heterocycles. The van der Waals surface area contributed by atoms with Gasteiger partial charge in [-0.3, -0.25) is 0 Å². The van der Waals surface area contributed by atoms with Gasteiger partial charge in [-0.2, -0.15) is 0 Å². The summed E-state index contributed by atoms with van der Waals surface area (Å²) in [6, 6.07) is 2.93. The van der Waals surface area contributed by atoms with Gasteiger partial charge in [0.2, 0.25) is 10.0 Å². The number of sulfonamides is 1. The number of hydrogen-bond donors (Lipinski definition) is 2. The second-order valence-corrected chi connectivity index (χ2v) is 8.76. The van der Waals surface area contributed by atoms with E-state index in [2.05, 4.69) is 27.6 Å². The molecule has 0 aliphatic heterocycles. The van der Waals surface area contributed by atoms with Crippen molar-refractivity contribution in [3.05, 3.63) is 21.6 Å². The average molecular weight is 396 g/mol. The molecule has 2 atom stereocenters. The number of nitrogen functional groups attached to an aromatic ring is 1. The Morgan fingerprint density at radius 3 is 2.81 bits per heavy atom. The topological polar surface area (TPSA) is 72.2 Å². The Morgan fingerprint density at radius 1 is 1.43 bits per heavy atom. The molecule has 0 amide bonds. The zero-order chi connectivity index (χ0) is 15.6. The monoisotopic (exact) mass is 394 g/mol. The van der Waals surface area contributed by atoms with Crippen molar-refractivity contribution in [1.82, 2.24) is 4.72 Å². The standard InChI is InChI=1S/C14H20BrClN2O2S/c1-9-3-2-4-10(5-9)8-18-21(19,20)13-7-11(16)6-12(17)14(13)15/h6-7,9-10,18H,2-5,8,17H2,1H3. The molecule has 2 rings (SSSR count). The molecule has 1 aliphatic carbocycles. The van der Waals surface area contributed by atoms with E-state index in [1.54, 1.807) is 0 Å². The van der Waals surface area contributed by atoms with Gasteiger partial charge in [-0.15, -0.1) is 0 Å². The maximum atomic E-state index is 12.4. The van der Waals surface area contributed by atoms with E-state index >= 15 is 0 Å². The summed E-state index contributed by atoms with van der Waals surface area (Å²) in [6.07, 6.45) is 4.55. The van der Waals surface area contributed by atoms with Crippen LogP contribution in [0.4, 0.5) is 5.69 Å². The van der Waals surface area contributed by atoms with Gasteiger partial charge in [0.25, 0.3) is 0 Å². The summed E-state index contributed by atoms with van der Waals surface area (Å²) < 4.78 is 27.9. The normalized spacial score (nSPS) is 23.2. The fourth-order valence-corrected chi connectivity index (χ4v) is 5.24. The van der Waals surface area contributed by atoms with E-state index in [1.807, 2.05) is 0 Å². The minimum Gasteiger partial charge on any atom is -0.398 e. The van der Waals surface area contributed by atoms with Gasteiger partial charge >= 0.3 is 0 Å². The van der Waals surface area contributed by atoms with Gasteiger partial charge in [0.15, 0.2) is 0 Å². The lowest BCUT2D eigenvalue weighted by Gasteiger charge is -2.26. The van der Waals surface area contributed by atoms with Crippen LogP contribution in [0.15, 0.2) is 21.5 Å². The molecule has 3 N–H and O–H groups in total. The van der Waals surface area contributed by atoms with Crippen molar-refractivity contribution in [2.24, 2.45) is 11.8 Å². The van der Waals surface area contributed by atoms with Crippen LogP contribution < -0.4 is 10.5 Å². The molecule has 0 radical (unpaired) electrons. The second kappa shape index (κ2) is 6.86. The van der Waals surface area contributed by atoms with Crippen LogP contribution >= 0.6 is 27.5 Å². The first-order valence-corrected chi connectivity index (χ1v) is 9.69. The van der Waals surface area contributed by atoms with E-state index in [0.717, 1.165) is 12.8 Å². The minimum absolute atomic E-state index is 0.0938. The SMILES string of the molecule is CC1CCCC(CNS(=O)(=O)c2cc(Cl)cc(N)c2Br)C1. The molecule has 0 aromatic heterocycles. The Balaban J connectivity index is 2.12. The number of hydrogen-bond acceptors (Lipinski definition) is 3. The van der Waals surface area contributed by atoms with E-state index in [1.165, 1.54) is 25.0 Å². The predicted molar refractivity (Wildman–Crippen MR) is 89.9 cm³/mol. The molecule has 2 unspecified atom stereocenters. The van der Waals surface area contributed by atoms with Crippen LogP contribution in [0.5, 0.6) is 0 Å². The first-order chi connectivity index (χ1) is 9.79. The van der Waals surface area contributed by atoms with Gasteiger partial charge in [0.05, 0.1) is 9.37 Å². The van der Waals surface area contributed by atoms with E-state index in [-0.39, 0.29) is 4.90 Å². The van der Waals surface area contributed by atoms with Gasteiger partial charge in [-0.05, 0) is 52.7 Å². The number of halogens is 2. The van der Waals surface area contributed by atoms with Crippen LogP contribution in [-0.2, 0) is 10.0 Å². The summed E-state index contributed by atoms with van der Waals surface area (Å²) in [4.78, 5) is 0.0938. The molecule has 118 valence electrons. The van der Waals surface area contributed by atoms with Gasteiger partial charge < -0.3 is 5.73 Å². The maximum Gasteiger partial charge on any atom is 0.241 e. The Morgan fingerprint density at radius 2 is 2.14 bits per heavy atom. The fourth-order valence-electron chi connectivity index (χ4n) is 2.83. The second-order valence-electron chi connectivity index (χ2n) is 5.80. The van der Waals surface area contributed by atoms with Crippen molar-refractivity contribution < 1.29 is 8.42 Å². The van der Waals surface area contributed by atoms with Crippen LogP contribution in [0.2, 0.25) is 5.02 Å². The summed E-state index contributed by atoms with van der Waals surface area (Å²) in [6.45, 7) is 2.68. The Bertz CT molecular complexity index is 622. The lowest BCUT2D eigenvalue weighted by Crippen LogP contribution is -2.31. The van der Waals surface area contributed by atoms with E-state index < -0.39 is 10.0 Å². The third-order valence-corrected chi connectivity index (χ3v) is 6.74. The molecule has 21 heavy (non-hydrogen) atoms. The number of nitrogens with two attached hydrogens (primary N) is 1. The summed E-state index contributed by atoms with van der Waals surface area (Å²) in [5.74, 6) is 1.07. The van der Waals surface area contributed by atoms with Crippen LogP contribution in [0.3, 0.4) is 0 Å². The van der Waals surface area contributed by atoms with Crippen LogP contribution in [-0.4, -0.2) is 15.0 Å². The number of anilines is 1. The minimum atomic E-state index is -3.61. The number of rotatable bonds is 4. The van der Waals surface area contributed by atoms with Crippen LogP contribution in [0.25, 0.3) is 0 Å². The highest BCUT2D eigenvalue weighted by Crippen LogP contribution is 2.32. The molecular weight excluding hydrogens is 376 g/mol. The van der Waals surface area contributed by atoms with Gasteiger partial charge in [-0.25, -0.2) is 13.1 Å². The lowest BCUT2D eigenvalue weighted by atomic mass is 9.83. The van der Waals surface area contributed by atoms with Crippen molar-refractivity contribution in [2.75, 3.05) is 12.3 Å². The average Bonchev–Trinajstić information content (AvgIpc) is 2.41. The first-order valence-electron chi connectivity index (χ1n) is 7.04. The van der Waals surface area contributed by atoms with Gasteiger partial charge in [0.1, 0.15) is 0 Å². The van der Waals surface area contributed by atoms with Crippen molar-refractivity contribution in [3.63, 3.8) is 0 Å². The molecule has 7 heteroatoms. The van der Waals surface area contributed by atoms with Crippen molar-refractivity contribution in [1.29, 1.82) is 0 Å². The Kier molecular flexibility index (Phi) is 5.57. The van der Waals surface area contributed by atoms with Crippen LogP contribution in [0, 0.1) is 11.8 Å². The fraction of sp³-hybridized carbons (Fsp3) is 0.571. The predicted octanol–water partition coefficient (Wildman–Crippen LogP) is 3.79. The molecule has 1 aliphatic rings. The Hall–Kier alpha value is -0.300. The van der Waals surface area contributed by atoms with E-state index in [0.29, 0.717) is 33.6 Å². The summed E-state index contributed by atoms with van der Waals surface area (Å²) in [7, 11) is -3.61. The Labute approximate surface area is 139 Å². The summed E-state index contributed by atoms with van der Waals surface area (Å²) >= 11 is 9.13. The molecule has 4 nitrogen and oxygen atoms in total. The summed E-state index contributed by atoms with van der Waals surface area (Å²) in [5.41, 5.74) is 6.07. The molecule has 1 saturated carbocycles.